The number of hydrogen-bond donors (Lipinski definition) is 1. The molecule has 1 aromatic rings. The van der Waals surface area contributed by atoms with E-state index in [-0.39, 0.29) is 18.8 Å². The number of likely N-dealkylation sites (tertiary alicyclic amines) is 1. The molecule has 1 N–H and O–H groups in total. The Morgan fingerprint density at radius 3 is 2.57 bits per heavy atom. The molecule has 0 aliphatic carbocycles. The van der Waals surface area contributed by atoms with Gasteiger partial charge in [0.15, 0.2) is 12.6 Å². The van der Waals surface area contributed by atoms with Crippen molar-refractivity contribution >= 4 is 6.09 Å². The molecule has 0 bridgehead atoms. The summed E-state index contributed by atoms with van der Waals surface area (Å²) in [6.07, 6.45) is -0.560. The van der Waals surface area contributed by atoms with Crippen LogP contribution in [0, 0.1) is 5.92 Å². The number of nitrogens with zero attached hydrogens (tertiary/aromatic N) is 1. The average molecular weight is 393 g/mol. The molecular weight excluding hydrogens is 362 g/mol. The molecule has 2 saturated heterocycles. The van der Waals surface area contributed by atoms with Crippen LogP contribution in [0.2, 0.25) is 0 Å². The number of aliphatic hydroxyl groups excluding tert-OH is 1. The van der Waals surface area contributed by atoms with Crippen LogP contribution in [-0.2, 0) is 25.6 Å². The molecule has 2 fully saturated rings. The van der Waals surface area contributed by atoms with Crippen molar-refractivity contribution in [2.45, 2.75) is 64.4 Å². The van der Waals surface area contributed by atoms with Crippen LogP contribution < -0.4 is 0 Å². The van der Waals surface area contributed by atoms with Crippen molar-refractivity contribution in [2.75, 3.05) is 19.8 Å². The van der Waals surface area contributed by atoms with Crippen molar-refractivity contribution < 1.29 is 28.8 Å². The predicted molar refractivity (Wildman–Crippen MR) is 102 cm³/mol. The first kappa shape index (κ1) is 21.0. The predicted octanol–water partition coefficient (Wildman–Crippen LogP) is 2.91. The monoisotopic (exact) mass is 393 g/mol. The van der Waals surface area contributed by atoms with Gasteiger partial charge in [-0.3, -0.25) is 4.90 Å². The smallest absolute Gasteiger partial charge is 0.410 e. The maximum absolute atomic E-state index is 12.7. The molecular formula is C21H31NO6. The van der Waals surface area contributed by atoms with Gasteiger partial charge >= 0.3 is 6.09 Å². The van der Waals surface area contributed by atoms with Crippen molar-refractivity contribution in [1.82, 2.24) is 4.90 Å². The first-order valence-corrected chi connectivity index (χ1v) is 9.90. The molecule has 0 spiro atoms. The highest BCUT2D eigenvalue weighted by atomic mass is 16.7. The van der Waals surface area contributed by atoms with Crippen molar-refractivity contribution in [3.63, 3.8) is 0 Å². The minimum atomic E-state index is -1.12. The van der Waals surface area contributed by atoms with Gasteiger partial charge in [0.05, 0.1) is 25.9 Å². The summed E-state index contributed by atoms with van der Waals surface area (Å²) in [5.41, 5.74) is 0.340. The maximum Gasteiger partial charge on any atom is 0.410 e. The molecule has 28 heavy (non-hydrogen) atoms. The molecule has 3 rings (SSSR count). The lowest BCUT2D eigenvalue weighted by Gasteiger charge is -2.31. The molecule has 2 heterocycles. The fourth-order valence-electron chi connectivity index (χ4n) is 3.54. The minimum absolute atomic E-state index is 0.0345. The summed E-state index contributed by atoms with van der Waals surface area (Å²) in [7, 11) is 0. The normalized spacial score (nSPS) is 24.9. The van der Waals surface area contributed by atoms with E-state index in [1.165, 1.54) is 0 Å². The zero-order valence-corrected chi connectivity index (χ0v) is 16.9. The lowest BCUT2D eigenvalue weighted by Crippen LogP contribution is -2.46. The molecule has 2 aliphatic rings. The van der Waals surface area contributed by atoms with E-state index < -0.39 is 24.0 Å². The molecule has 2 aliphatic heterocycles. The Kier molecular flexibility index (Phi) is 6.93. The van der Waals surface area contributed by atoms with Crippen molar-refractivity contribution in [2.24, 2.45) is 5.92 Å². The zero-order valence-electron chi connectivity index (χ0n) is 16.9. The summed E-state index contributed by atoms with van der Waals surface area (Å²) in [5.74, 6) is -0.0345. The van der Waals surface area contributed by atoms with E-state index in [1.54, 1.807) is 4.90 Å². The van der Waals surface area contributed by atoms with Crippen LogP contribution in [0.25, 0.3) is 0 Å². The van der Waals surface area contributed by atoms with Crippen LogP contribution in [0.15, 0.2) is 30.3 Å². The SMILES string of the molecule is CC(C)(C)OC(=O)N1CC(C2OCCCO2)CC1[C@H](O)OCc1ccccc1. The van der Waals surface area contributed by atoms with E-state index in [0.29, 0.717) is 26.2 Å². The maximum atomic E-state index is 12.7. The van der Waals surface area contributed by atoms with Crippen LogP contribution in [0.5, 0.6) is 0 Å². The topological polar surface area (TPSA) is 77.5 Å². The summed E-state index contributed by atoms with van der Waals surface area (Å²) < 4.78 is 22.7. The molecule has 2 unspecified atom stereocenters. The minimum Gasteiger partial charge on any atom is -0.444 e. The van der Waals surface area contributed by atoms with E-state index in [2.05, 4.69) is 0 Å². The van der Waals surface area contributed by atoms with Gasteiger partial charge < -0.3 is 24.1 Å². The van der Waals surface area contributed by atoms with Gasteiger partial charge in [-0.1, -0.05) is 30.3 Å². The standard InChI is InChI=1S/C21H31NO6/c1-21(2,3)28-20(24)22-13-16(19-25-10-7-11-26-19)12-17(22)18(23)27-14-15-8-5-4-6-9-15/h4-6,8-9,16-19,23H,7,10-14H2,1-3H3/t16?,17?,18-/m1/s1. The molecule has 7 nitrogen and oxygen atoms in total. The number of rotatable bonds is 5. The Morgan fingerprint density at radius 2 is 1.93 bits per heavy atom. The van der Waals surface area contributed by atoms with E-state index in [4.69, 9.17) is 18.9 Å². The Bertz CT molecular complexity index is 626. The largest absolute Gasteiger partial charge is 0.444 e. The Morgan fingerprint density at radius 1 is 1.25 bits per heavy atom. The number of amides is 1. The third kappa shape index (κ3) is 5.67. The van der Waals surface area contributed by atoms with Gasteiger partial charge in [-0.25, -0.2) is 4.79 Å². The van der Waals surface area contributed by atoms with Crippen LogP contribution in [0.4, 0.5) is 4.79 Å². The van der Waals surface area contributed by atoms with Crippen LogP contribution in [0.1, 0.15) is 39.2 Å². The lowest BCUT2D eigenvalue weighted by atomic mass is 10.0. The quantitative estimate of drug-likeness (QED) is 0.775. The van der Waals surface area contributed by atoms with Gasteiger partial charge in [0.2, 0.25) is 0 Å². The molecule has 3 atom stereocenters. The molecule has 7 heteroatoms. The third-order valence-electron chi connectivity index (χ3n) is 4.83. The summed E-state index contributed by atoms with van der Waals surface area (Å²) in [6, 6.07) is 9.11. The number of carbonyl (C=O) groups excluding carboxylic acids is 1. The number of ether oxygens (including phenoxy) is 4. The van der Waals surface area contributed by atoms with Gasteiger partial charge in [-0.2, -0.15) is 0 Å². The highest BCUT2D eigenvalue weighted by Gasteiger charge is 2.45. The van der Waals surface area contributed by atoms with Crippen LogP contribution in [0.3, 0.4) is 0 Å². The molecule has 156 valence electrons. The summed E-state index contributed by atoms with van der Waals surface area (Å²) in [6.45, 7) is 7.42. The number of hydrogen-bond acceptors (Lipinski definition) is 6. The van der Waals surface area contributed by atoms with Gasteiger partial charge in [-0.15, -0.1) is 0 Å². The van der Waals surface area contributed by atoms with Crippen molar-refractivity contribution in [1.29, 1.82) is 0 Å². The van der Waals surface area contributed by atoms with Gasteiger partial charge in [0.1, 0.15) is 5.60 Å². The van der Waals surface area contributed by atoms with Gasteiger partial charge in [-0.05, 0) is 39.2 Å². The fourth-order valence-corrected chi connectivity index (χ4v) is 3.54. The molecule has 0 aromatic heterocycles. The number of aliphatic hydroxyl groups is 1. The Balaban J connectivity index is 1.67. The highest BCUT2D eigenvalue weighted by Crippen LogP contribution is 2.32. The van der Waals surface area contributed by atoms with E-state index in [1.807, 2.05) is 51.1 Å². The number of carbonyl (C=O) groups is 1. The van der Waals surface area contributed by atoms with Crippen molar-refractivity contribution in [3.8, 4) is 0 Å². The second kappa shape index (κ2) is 9.22. The Hall–Kier alpha value is -1.67. The fraction of sp³-hybridized carbons (Fsp3) is 0.667. The van der Waals surface area contributed by atoms with E-state index >= 15 is 0 Å². The molecule has 0 saturated carbocycles. The summed E-state index contributed by atoms with van der Waals surface area (Å²) in [5, 5.41) is 10.7. The summed E-state index contributed by atoms with van der Waals surface area (Å²) >= 11 is 0. The van der Waals surface area contributed by atoms with Crippen LogP contribution in [-0.4, -0.2) is 60.1 Å². The molecule has 1 amide bonds. The Labute approximate surface area is 166 Å². The first-order chi connectivity index (χ1) is 13.3. The second-order valence-electron chi connectivity index (χ2n) is 8.35. The first-order valence-electron chi connectivity index (χ1n) is 9.90. The third-order valence-corrected chi connectivity index (χ3v) is 4.83. The molecule has 0 radical (unpaired) electrons. The van der Waals surface area contributed by atoms with Gasteiger partial charge in [0, 0.05) is 12.5 Å². The van der Waals surface area contributed by atoms with Crippen LogP contribution >= 0.6 is 0 Å². The number of benzene rings is 1. The zero-order chi connectivity index (χ0) is 20.1. The van der Waals surface area contributed by atoms with E-state index in [0.717, 1.165) is 12.0 Å². The molecule has 1 aromatic carbocycles. The lowest BCUT2D eigenvalue weighted by molar-refractivity contribution is -0.203. The second-order valence-corrected chi connectivity index (χ2v) is 8.35. The summed E-state index contributed by atoms with van der Waals surface area (Å²) in [4.78, 5) is 14.3. The van der Waals surface area contributed by atoms with E-state index in [9.17, 15) is 9.90 Å². The van der Waals surface area contributed by atoms with Crippen molar-refractivity contribution in [3.05, 3.63) is 35.9 Å². The van der Waals surface area contributed by atoms with Gasteiger partial charge in [0.25, 0.3) is 0 Å². The average Bonchev–Trinajstić information content (AvgIpc) is 3.12. The highest BCUT2D eigenvalue weighted by molar-refractivity contribution is 5.69.